The van der Waals surface area contributed by atoms with Gasteiger partial charge in [-0.1, -0.05) is 26.0 Å². The Hall–Kier alpha value is -8.56. The predicted molar refractivity (Wildman–Crippen MR) is 303 cm³/mol. The summed E-state index contributed by atoms with van der Waals surface area (Å²) in [6.07, 6.45) is -5.16. The van der Waals surface area contributed by atoms with Crippen LogP contribution in [0, 0.1) is 5.92 Å². The van der Waals surface area contributed by atoms with Crippen molar-refractivity contribution in [3.05, 3.63) is 29.8 Å². The molecule has 86 heavy (non-hydrogen) atoms. The van der Waals surface area contributed by atoms with Crippen LogP contribution in [0.2, 0.25) is 0 Å². The summed E-state index contributed by atoms with van der Waals surface area (Å²) in [5.41, 5.74) is 27.7. The number of aliphatic hydroxyl groups excluding tert-OH is 1. The molecule has 0 aliphatic heterocycles. The molecule has 1 aromatic rings. The van der Waals surface area contributed by atoms with Gasteiger partial charge in [0.2, 0.25) is 65.0 Å². The summed E-state index contributed by atoms with van der Waals surface area (Å²) in [5.74, 6) is -16.3. The Morgan fingerprint density at radius 3 is 1.29 bits per heavy atom. The Balaban J connectivity index is 3.53. The second-order valence-electron chi connectivity index (χ2n) is 20.9. The number of hydrogen-bond donors (Lipinski definition) is 19. The van der Waals surface area contributed by atoms with E-state index in [0.717, 1.165) is 13.8 Å². The van der Waals surface area contributed by atoms with Crippen LogP contribution in [0.4, 0.5) is 0 Å². The van der Waals surface area contributed by atoms with Crippen LogP contribution in [0.5, 0.6) is 5.75 Å². The van der Waals surface area contributed by atoms with Gasteiger partial charge in [-0.15, -0.1) is 0 Å². The average molecular weight is 1220 g/mol. The number of hydrogen-bond acceptors (Lipinski definition) is 19. The van der Waals surface area contributed by atoms with Gasteiger partial charge in [0, 0.05) is 25.7 Å². The summed E-state index contributed by atoms with van der Waals surface area (Å²) in [4.78, 5) is 182. The minimum atomic E-state index is -1.83. The van der Waals surface area contributed by atoms with Crippen LogP contribution in [-0.2, 0) is 73.5 Å². The number of carboxylic acid groups (broad SMARTS) is 3. The normalized spacial score (nSPS) is 14.9. The van der Waals surface area contributed by atoms with E-state index in [0.29, 0.717) is 24.8 Å². The Morgan fingerprint density at radius 2 is 0.849 bits per heavy atom. The maximum absolute atomic E-state index is 14.2. The fourth-order valence-electron chi connectivity index (χ4n) is 8.19. The van der Waals surface area contributed by atoms with Gasteiger partial charge in [0.25, 0.3) is 0 Å². The van der Waals surface area contributed by atoms with Gasteiger partial charge in [-0.25, -0.2) is 4.79 Å². The van der Waals surface area contributed by atoms with Crippen molar-refractivity contribution in [1.82, 2.24) is 47.9 Å². The molecule has 1 rings (SSSR count). The molecular weight excluding hydrogens is 1140 g/mol. The lowest BCUT2D eigenvalue weighted by atomic mass is 9.99. The molecule has 33 heteroatoms. The van der Waals surface area contributed by atoms with E-state index in [9.17, 15) is 92.7 Å². The Labute approximate surface area is 495 Å². The largest absolute Gasteiger partial charge is 0.508 e. The number of nitrogens with one attached hydrogen (secondary N) is 9. The Bertz CT molecular complexity index is 2500. The third-order valence-electron chi connectivity index (χ3n) is 12.9. The number of aliphatic hydroxyl groups is 1. The number of carbonyl (C=O) groups excluding carboxylic acids is 11. The number of rotatable bonds is 43. The lowest BCUT2D eigenvalue weighted by Crippen LogP contribution is -2.61. The minimum absolute atomic E-state index is 0.0192. The van der Waals surface area contributed by atoms with Crippen molar-refractivity contribution in [3.8, 4) is 5.75 Å². The first-order valence-corrected chi connectivity index (χ1v) is 27.9. The number of carboxylic acids is 3. The standard InChI is InChI=1S/C53H86N14O19/c1-26(2)23-37(50(82)66-38(24-29-11-13-30(69)14-12-29)51(83)64-36(53(85)86)10-6-8-22-55)65-47(79)32(9-5-7-21-54)61-49(81)35(17-20-42(74)75)60-44(76)27(3)59-46(78)34(16-19-41(72)73)62-48(80)33(15-18-39(57)70)63-52(84)43(28(4)68)67-45(77)31(56)25-40(58)71/h11-14,26-28,31-38,43,68-69H,5-10,15-25,54-56H2,1-4H3,(H2,57,70)(H2,58,71)(H,59,78)(H,60,76)(H,61,81)(H,62,80)(H,63,84)(H,64,83)(H,65,79)(H,66,82)(H,67,77)(H,72,73)(H,74,75)(H,85,86)/t27-,28+,31-,32-,33-,34-,35-,36-,37-,38-,43-/m0/s1. The summed E-state index contributed by atoms with van der Waals surface area (Å²) in [5, 5.41) is 70.4. The molecule has 0 saturated heterocycles. The van der Waals surface area contributed by atoms with Gasteiger partial charge in [-0.3, -0.25) is 62.3 Å². The topological polar surface area (TPSA) is 578 Å². The number of phenols is 1. The van der Waals surface area contributed by atoms with E-state index in [2.05, 4.69) is 47.9 Å². The summed E-state index contributed by atoms with van der Waals surface area (Å²) >= 11 is 0. The smallest absolute Gasteiger partial charge is 0.326 e. The SMILES string of the molecule is CC(C)C[C@H](NC(=O)[C@H](CCCCN)NC(=O)[C@H](CCC(=O)O)NC(=O)[C@H](C)NC(=O)[C@H](CCC(=O)O)NC(=O)[C@H](CCC(N)=O)NC(=O)[C@@H](NC(=O)[C@@H](N)CC(N)=O)[C@@H](C)O)C(=O)N[C@@H](Cc1ccc(O)cc1)C(=O)N[C@@H](CCCCN)C(=O)O. The molecule has 0 aromatic heterocycles. The fourth-order valence-corrected chi connectivity index (χ4v) is 8.19. The number of primary amides is 2. The first kappa shape index (κ1) is 75.5. The lowest BCUT2D eigenvalue weighted by Gasteiger charge is -2.28. The van der Waals surface area contributed by atoms with Crippen LogP contribution in [0.1, 0.15) is 123 Å². The van der Waals surface area contributed by atoms with E-state index in [1.54, 1.807) is 13.8 Å². The molecular formula is C53H86N14O19. The maximum atomic E-state index is 14.2. The van der Waals surface area contributed by atoms with Crippen molar-refractivity contribution in [2.75, 3.05) is 13.1 Å². The molecule has 1 aromatic carbocycles. The van der Waals surface area contributed by atoms with Crippen LogP contribution in [0.15, 0.2) is 24.3 Å². The van der Waals surface area contributed by atoms with Gasteiger partial charge in [0.1, 0.15) is 60.1 Å². The molecule has 11 atom stereocenters. The minimum Gasteiger partial charge on any atom is -0.508 e. The molecule has 33 nitrogen and oxygen atoms in total. The second kappa shape index (κ2) is 39.1. The van der Waals surface area contributed by atoms with Crippen molar-refractivity contribution in [1.29, 1.82) is 0 Å². The number of benzene rings is 1. The number of aliphatic carboxylic acids is 3. The zero-order valence-corrected chi connectivity index (χ0v) is 48.6. The number of phenolic OH excluding ortho intramolecular Hbond substituents is 1. The maximum Gasteiger partial charge on any atom is 0.326 e. The molecule has 0 aliphatic carbocycles. The molecule has 482 valence electrons. The van der Waals surface area contributed by atoms with Crippen molar-refractivity contribution in [3.63, 3.8) is 0 Å². The van der Waals surface area contributed by atoms with E-state index >= 15 is 0 Å². The first-order valence-electron chi connectivity index (χ1n) is 27.9. The third kappa shape index (κ3) is 29.8. The van der Waals surface area contributed by atoms with E-state index in [1.807, 2.05) is 0 Å². The van der Waals surface area contributed by atoms with Crippen LogP contribution >= 0.6 is 0 Å². The molecule has 11 amide bonds. The highest BCUT2D eigenvalue weighted by Gasteiger charge is 2.36. The first-order chi connectivity index (χ1) is 40.3. The molecule has 0 heterocycles. The van der Waals surface area contributed by atoms with E-state index < -0.39 is 194 Å². The number of unbranched alkanes of at least 4 members (excludes halogenated alkanes) is 2. The number of nitrogens with two attached hydrogens (primary N) is 5. The van der Waals surface area contributed by atoms with Crippen molar-refractivity contribution < 1.29 is 92.7 Å². The molecule has 0 spiro atoms. The summed E-state index contributed by atoms with van der Waals surface area (Å²) in [7, 11) is 0. The number of aromatic hydroxyl groups is 1. The Morgan fingerprint density at radius 1 is 0.453 bits per heavy atom. The van der Waals surface area contributed by atoms with E-state index in [-0.39, 0.29) is 56.9 Å². The lowest BCUT2D eigenvalue weighted by molar-refractivity contribution is -0.142. The predicted octanol–water partition coefficient (Wildman–Crippen LogP) is -5.71. The van der Waals surface area contributed by atoms with Gasteiger partial charge in [0.05, 0.1) is 18.6 Å². The summed E-state index contributed by atoms with van der Waals surface area (Å²) in [6, 6.07) is -10.4. The molecule has 0 bridgehead atoms. The van der Waals surface area contributed by atoms with Crippen LogP contribution in [-0.4, -0.2) is 188 Å². The monoisotopic (exact) mass is 1220 g/mol. The highest BCUT2D eigenvalue weighted by Crippen LogP contribution is 2.15. The zero-order chi connectivity index (χ0) is 65.4. The summed E-state index contributed by atoms with van der Waals surface area (Å²) in [6.45, 7) is 6.04. The van der Waals surface area contributed by atoms with Gasteiger partial charge < -0.3 is 102 Å². The molecule has 0 radical (unpaired) electrons. The highest BCUT2D eigenvalue weighted by atomic mass is 16.4. The Kier molecular flexibility index (Phi) is 34.3. The van der Waals surface area contributed by atoms with Crippen LogP contribution in [0.3, 0.4) is 0 Å². The molecule has 0 fully saturated rings. The van der Waals surface area contributed by atoms with Crippen LogP contribution in [0.25, 0.3) is 0 Å². The zero-order valence-electron chi connectivity index (χ0n) is 48.6. The molecule has 0 saturated carbocycles. The van der Waals surface area contributed by atoms with Crippen LogP contribution < -0.4 is 76.5 Å². The quantitative estimate of drug-likeness (QED) is 0.0271. The second-order valence-corrected chi connectivity index (χ2v) is 20.9. The fraction of sp³-hybridized carbons (Fsp3) is 0.623. The van der Waals surface area contributed by atoms with Gasteiger partial charge >= 0.3 is 17.9 Å². The van der Waals surface area contributed by atoms with E-state index in [4.69, 9.17) is 28.7 Å². The van der Waals surface area contributed by atoms with Gasteiger partial charge in [-0.05, 0) is 115 Å². The third-order valence-corrected chi connectivity index (χ3v) is 12.9. The summed E-state index contributed by atoms with van der Waals surface area (Å²) < 4.78 is 0. The van der Waals surface area contributed by atoms with Gasteiger partial charge in [0.15, 0.2) is 0 Å². The van der Waals surface area contributed by atoms with E-state index in [1.165, 1.54) is 24.3 Å². The van der Waals surface area contributed by atoms with Crippen molar-refractivity contribution in [2.45, 2.75) is 191 Å². The van der Waals surface area contributed by atoms with Crippen molar-refractivity contribution in [2.24, 2.45) is 34.6 Å². The molecule has 24 N–H and O–H groups in total. The van der Waals surface area contributed by atoms with Gasteiger partial charge in [-0.2, -0.15) is 0 Å². The highest BCUT2D eigenvalue weighted by molar-refractivity contribution is 5.99. The molecule has 0 aliphatic rings. The van der Waals surface area contributed by atoms with Crippen molar-refractivity contribution >= 4 is 82.9 Å². The molecule has 0 unspecified atom stereocenters. The number of carbonyl (C=O) groups is 14. The number of amides is 11. The average Bonchev–Trinajstić information content (AvgIpc) is 3.04.